The van der Waals surface area contributed by atoms with Crippen molar-refractivity contribution in [3.63, 3.8) is 0 Å². The second-order valence-electron chi connectivity index (χ2n) is 5.05. The molecule has 19 heavy (non-hydrogen) atoms. The molecule has 0 bridgehead atoms. The summed E-state index contributed by atoms with van der Waals surface area (Å²) in [5.41, 5.74) is 9.03. The van der Waals surface area contributed by atoms with Gasteiger partial charge >= 0.3 is 0 Å². The Hall–Kier alpha value is -1.80. The van der Waals surface area contributed by atoms with Crippen molar-refractivity contribution in [1.82, 2.24) is 0 Å². The molecule has 0 spiro atoms. The van der Waals surface area contributed by atoms with Gasteiger partial charge in [0.25, 0.3) is 0 Å². The molecule has 0 saturated heterocycles. The molecule has 0 aromatic heterocycles. The van der Waals surface area contributed by atoms with E-state index < -0.39 is 0 Å². The third-order valence-electron chi connectivity index (χ3n) is 3.08. The average molecular weight is 255 g/mol. The average Bonchev–Trinajstić information content (AvgIpc) is 2.43. The molecule has 0 radical (unpaired) electrons. The van der Waals surface area contributed by atoms with E-state index in [1.165, 1.54) is 11.1 Å². The molecule has 1 atom stereocenters. The summed E-state index contributed by atoms with van der Waals surface area (Å²) in [6.45, 7) is 3.67. The summed E-state index contributed by atoms with van der Waals surface area (Å²) < 4.78 is 5.75. The second-order valence-corrected chi connectivity index (χ2v) is 5.05. The number of benzene rings is 2. The van der Waals surface area contributed by atoms with E-state index in [9.17, 15) is 0 Å². The highest BCUT2D eigenvalue weighted by atomic mass is 16.5. The summed E-state index contributed by atoms with van der Waals surface area (Å²) in [5.74, 6) is 0.507. The largest absolute Gasteiger partial charge is 0.399 e. The van der Waals surface area contributed by atoms with Crippen molar-refractivity contribution >= 4 is 5.69 Å². The zero-order chi connectivity index (χ0) is 13.5. The minimum atomic E-state index is 0.507. The van der Waals surface area contributed by atoms with Gasteiger partial charge in [-0.05, 0) is 35.6 Å². The SMILES string of the molecule is CC(COCc1ccccc1)Cc1ccc(N)cc1. The van der Waals surface area contributed by atoms with Gasteiger partial charge in [0.05, 0.1) is 6.61 Å². The maximum absolute atomic E-state index is 5.75. The molecule has 0 aliphatic rings. The van der Waals surface area contributed by atoms with Crippen LogP contribution in [-0.4, -0.2) is 6.61 Å². The quantitative estimate of drug-likeness (QED) is 0.799. The molecule has 2 N–H and O–H groups in total. The molecular formula is C17H21NO. The predicted molar refractivity (Wildman–Crippen MR) is 79.8 cm³/mol. The molecule has 100 valence electrons. The number of nitrogen functional groups attached to an aromatic ring is 1. The Morgan fingerprint density at radius 2 is 1.63 bits per heavy atom. The normalized spacial score (nSPS) is 12.3. The van der Waals surface area contributed by atoms with Crippen LogP contribution in [0.15, 0.2) is 54.6 Å². The van der Waals surface area contributed by atoms with Gasteiger partial charge in [0.15, 0.2) is 0 Å². The van der Waals surface area contributed by atoms with E-state index in [1.54, 1.807) is 0 Å². The van der Waals surface area contributed by atoms with Gasteiger partial charge in [0, 0.05) is 12.3 Å². The Labute approximate surface area is 115 Å². The van der Waals surface area contributed by atoms with Gasteiger partial charge in [-0.25, -0.2) is 0 Å². The second kappa shape index (κ2) is 6.95. The number of hydrogen-bond donors (Lipinski definition) is 1. The van der Waals surface area contributed by atoms with E-state index in [0.717, 1.165) is 18.7 Å². The lowest BCUT2D eigenvalue weighted by Gasteiger charge is -2.12. The highest BCUT2D eigenvalue weighted by Crippen LogP contribution is 2.12. The predicted octanol–water partition coefficient (Wildman–Crippen LogP) is 3.66. The van der Waals surface area contributed by atoms with Crippen molar-refractivity contribution in [1.29, 1.82) is 0 Å². The van der Waals surface area contributed by atoms with Gasteiger partial charge in [-0.15, -0.1) is 0 Å². The van der Waals surface area contributed by atoms with Crippen LogP contribution in [0.3, 0.4) is 0 Å². The zero-order valence-corrected chi connectivity index (χ0v) is 11.4. The van der Waals surface area contributed by atoms with Gasteiger partial charge in [-0.2, -0.15) is 0 Å². The van der Waals surface area contributed by atoms with Crippen LogP contribution in [0.2, 0.25) is 0 Å². The first-order valence-electron chi connectivity index (χ1n) is 6.70. The lowest BCUT2D eigenvalue weighted by atomic mass is 10.0. The molecule has 0 amide bonds. The van der Waals surface area contributed by atoms with Crippen LogP contribution in [0.1, 0.15) is 18.1 Å². The van der Waals surface area contributed by atoms with Crippen molar-refractivity contribution in [3.8, 4) is 0 Å². The Bertz CT molecular complexity index is 478. The molecule has 2 aromatic rings. The van der Waals surface area contributed by atoms with Crippen molar-refractivity contribution in [2.75, 3.05) is 12.3 Å². The monoisotopic (exact) mass is 255 g/mol. The Kier molecular flexibility index (Phi) is 4.99. The summed E-state index contributed by atoms with van der Waals surface area (Å²) >= 11 is 0. The zero-order valence-electron chi connectivity index (χ0n) is 11.4. The lowest BCUT2D eigenvalue weighted by Crippen LogP contribution is -2.09. The first-order chi connectivity index (χ1) is 9.24. The molecular weight excluding hydrogens is 234 g/mol. The molecule has 0 saturated carbocycles. The standard InChI is InChI=1S/C17H21NO/c1-14(11-15-7-9-17(18)10-8-15)12-19-13-16-5-3-2-4-6-16/h2-10,14H,11-13,18H2,1H3. The Morgan fingerprint density at radius 3 is 2.32 bits per heavy atom. The van der Waals surface area contributed by atoms with E-state index in [2.05, 4.69) is 31.2 Å². The minimum absolute atomic E-state index is 0.507. The third-order valence-corrected chi connectivity index (χ3v) is 3.08. The number of ether oxygens (including phenoxy) is 1. The molecule has 2 rings (SSSR count). The van der Waals surface area contributed by atoms with Crippen LogP contribution in [0.4, 0.5) is 5.69 Å². The molecule has 2 nitrogen and oxygen atoms in total. The van der Waals surface area contributed by atoms with E-state index in [4.69, 9.17) is 10.5 Å². The molecule has 0 aliphatic heterocycles. The van der Waals surface area contributed by atoms with Gasteiger partial charge in [0.1, 0.15) is 0 Å². The first-order valence-corrected chi connectivity index (χ1v) is 6.70. The van der Waals surface area contributed by atoms with Gasteiger partial charge in [-0.3, -0.25) is 0 Å². The van der Waals surface area contributed by atoms with Crippen molar-refractivity contribution < 1.29 is 4.74 Å². The highest BCUT2D eigenvalue weighted by Gasteiger charge is 2.04. The number of nitrogens with two attached hydrogens (primary N) is 1. The van der Waals surface area contributed by atoms with Crippen molar-refractivity contribution in [2.45, 2.75) is 20.0 Å². The van der Waals surface area contributed by atoms with Gasteiger partial charge < -0.3 is 10.5 Å². The number of hydrogen-bond acceptors (Lipinski definition) is 2. The van der Waals surface area contributed by atoms with Crippen LogP contribution < -0.4 is 5.73 Å². The lowest BCUT2D eigenvalue weighted by molar-refractivity contribution is 0.0922. The summed E-state index contributed by atoms with van der Waals surface area (Å²) in [5, 5.41) is 0. The van der Waals surface area contributed by atoms with E-state index in [0.29, 0.717) is 12.5 Å². The molecule has 0 heterocycles. The first kappa shape index (κ1) is 13.6. The number of anilines is 1. The van der Waals surface area contributed by atoms with Crippen LogP contribution in [0.5, 0.6) is 0 Å². The molecule has 2 aromatic carbocycles. The smallest absolute Gasteiger partial charge is 0.0717 e. The van der Waals surface area contributed by atoms with Crippen molar-refractivity contribution in [3.05, 3.63) is 65.7 Å². The van der Waals surface area contributed by atoms with Gasteiger partial charge in [0.2, 0.25) is 0 Å². The maximum atomic E-state index is 5.75. The fraction of sp³-hybridized carbons (Fsp3) is 0.294. The fourth-order valence-corrected chi connectivity index (χ4v) is 2.07. The van der Waals surface area contributed by atoms with E-state index >= 15 is 0 Å². The maximum Gasteiger partial charge on any atom is 0.0717 e. The Balaban J connectivity index is 1.73. The topological polar surface area (TPSA) is 35.2 Å². The van der Waals surface area contributed by atoms with Crippen molar-refractivity contribution in [2.24, 2.45) is 5.92 Å². The molecule has 2 heteroatoms. The van der Waals surface area contributed by atoms with Gasteiger partial charge in [-0.1, -0.05) is 49.4 Å². The highest BCUT2D eigenvalue weighted by molar-refractivity contribution is 5.39. The van der Waals surface area contributed by atoms with Crippen LogP contribution in [0.25, 0.3) is 0 Å². The summed E-state index contributed by atoms with van der Waals surface area (Å²) in [4.78, 5) is 0. The molecule has 1 unspecified atom stereocenters. The summed E-state index contributed by atoms with van der Waals surface area (Å²) in [6, 6.07) is 18.3. The summed E-state index contributed by atoms with van der Waals surface area (Å²) in [7, 11) is 0. The third kappa shape index (κ3) is 4.76. The van der Waals surface area contributed by atoms with Crippen LogP contribution >= 0.6 is 0 Å². The fourth-order valence-electron chi connectivity index (χ4n) is 2.07. The van der Waals surface area contributed by atoms with Crippen LogP contribution in [0, 0.1) is 5.92 Å². The summed E-state index contributed by atoms with van der Waals surface area (Å²) in [6.07, 6.45) is 1.02. The molecule has 0 fully saturated rings. The minimum Gasteiger partial charge on any atom is -0.399 e. The molecule has 0 aliphatic carbocycles. The number of rotatable bonds is 6. The van der Waals surface area contributed by atoms with E-state index in [-0.39, 0.29) is 0 Å². The van der Waals surface area contributed by atoms with E-state index in [1.807, 2.05) is 30.3 Å². The Morgan fingerprint density at radius 1 is 0.947 bits per heavy atom. The van der Waals surface area contributed by atoms with Crippen LogP contribution in [-0.2, 0) is 17.8 Å².